The number of rotatable bonds is 17. The lowest BCUT2D eigenvalue weighted by molar-refractivity contribution is -0.201. The van der Waals surface area contributed by atoms with Gasteiger partial charge in [0.1, 0.15) is 47.0 Å². The molecule has 4 unspecified atom stereocenters. The summed E-state index contributed by atoms with van der Waals surface area (Å²) in [5.41, 5.74) is 1.01. The molecule has 0 N–H and O–H groups in total. The highest BCUT2D eigenvalue weighted by molar-refractivity contribution is 6.07. The summed E-state index contributed by atoms with van der Waals surface area (Å²) in [4.78, 5) is 64.0. The first-order chi connectivity index (χ1) is 35.4. The van der Waals surface area contributed by atoms with E-state index in [0.717, 1.165) is 64.2 Å². The van der Waals surface area contributed by atoms with E-state index in [9.17, 15) is 19.2 Å². The van der Waals surface area contributed by atoms with Crippen molar-refractivity contribution in [3.8, 4) is 11.5 Å². The Bertz CT molecular complexity index is 2190. The van der Waals surface area contributed by atoms with Crippen molar-refractivity contribution in [3.05, 3.63) is 71.8 Å². The maximum absolute atomic E-state index is 14.5. The van der Waals surface area contributed by atoms with Gasteiger partial charge < -0.3 is 57.2 Å². The van der Waals surface area contributed by atoms with Crippen molar-refractivity contribution < 1.29 is 66.5 Å². The van der Waals surface area contributed by atoms with Gasteiger partial charge in [-0.15, -0.1) is 0 Å². The third kappa shape index (κ3) is 12.5. The topological polar surface area (TPSA) is 174 Å². The zero-order valence-electron chi connectivity index (χ0n) is 44.7. The van der Waals surface area contributed by atoms with E-state index in [0.29, 0.717) is 73.3 Å². The summed E-state index contributed by atoms with van der Waals surface area (Å²) in [6.45, 7) is 21.8. The number of ether oxygens (including phenoxy) is 10. The first kappa shape index (κ1) is 55.0. The van der Waals surface area contributed by atoms with E-state index in [1.54, 1.807) is 87.7 Å². The number of nitrogens with zero attached hydrogens (tertiary/aromatic N) is 4. The summed E-state index contributed by atoms with van der Waals surface area (Å²) < 4.78 is 62.0. The van der Waals surface area contributed by atoms with E-state index >= 15 is 0 Å². The molecule has 8 rings (SSSR count). The summed E-state index contributed by atoms with van der Waals surface area (Å²) in [7, 11) is 3.06. The average Bonchev–Trinajstić information content (AvgIpc) is 3.81. The highest BCUT2D eigenvalue weighted by atomic mass is 16.7. The van der Waals surface area contributed by atoms with Crippen LogP contribution in [0.15, 0.2) is 60.7 Å². The molecule has 0 bridgehead atoms. The van der Waals surface area contributed by atoms with Gasteiger partial charge in [0, 0.05) is 39.5 Å². The predicted octanol–water partition coefficient (Wildman–Crippen LogP) is 9.53. The van der Waals surface area contributed by atoms with Crippen molar-refractivity contribution in [1.82, 2.24) is 9.80 Å². The maximum atomic E-state index is 14.5. The second-order valence-corrected chi connectivity index (χ2v) is 22.0. The summed E-state index contributed by atoms with van der Waals surface area (Å²) in [6, 6.07) is 8.63. The van der Waals surface area contributed by atoms with Gasteiger partial charge in [0.15, 0.2) is 25.0 Å². The Morgan fingerprint density at radius 1 is 0.595 bits per heavy atom. The Morgan fingerprint density at radius 3 is 1.34 bits per heavy atom. The monoisotopic (exact) mass is 1030 g/mol. The number of unbranched alkanes of at least 4 members (excludes halogenated alkanes) is 5. The highest BCUT2D eigenvalue weighted by Gasteiger charge is 2.55. The molecular weight excluding hydrogens is 953 g/mol. The molecule has 6 heterocycles. The lowest BCUT2D eigenvalue weighted by Gasteiger charge is -2.40. The lowest BCUT2D eigenvalue weighted by Crippen LogP contribution is -2.58. The van der Waals surface area contributed by atoms with Crippen LogP contribution in [0.2, 0.25) is 0 Å². The molecule has 8 atom stereocenters. The molecule has 406 valence electrons. The molecule has 0 spiro atoms. The van der Waals surface area contributed by atoms with Crippen LogP contribution in [-0.4, -0.2) is 148 Å². The van der Waals surface area contributed by atoms with E-state index in [1.807, 2.05) is 0 Å². The van der Waals surface area contributed by atoms with Gasteiger partial charge in [0.05, 0.1) is 36.7 Å². The molecule has 18 heteroatoms. The van der Waals surface area contributed by atoms with Crippen molar-refractivity contribution in [1.29, 1.82) is 0 Å². The molecule has 4 fully saturated rings. The Balaban J connectivity index is 0.898. The van der Waals surface area contributed by atoms with Crippen LogP contribution in [-0.2, 0) is 37.9 Å². The zero-order chi connectivity index (χ0) is 52.9. The largest absolute Gasteiger partial charge is 0.497 e. The zero-order valence-corrected chi connectivity index (χ0v) is 44.7. The minimum atomic E-state index is -1.01. The molecule has 0 aromatic heterocycles. The van der Waals surface area contributed by atoms with Crippen LogP contribution in [0.25, 0.3) is 0 Å². The number of amides is 4. The lowest BCUT2D eigenvalue weighted by atomic mass is 10.1. The number of benzene rings is 2. The van der Waals surface area contributed by atoms with Gasteiger partial charge in [-0.25, -0.2) is 19.4 Å². The number of carbonyl (C=O) groups excluding carboxylic acids is 4. The van der Waals surface area contributed by atoms with Gasteiger partial charge in [-0.2, -0.15) is 0 Å². The van der Waals surface area contributed by atoms with E-state index in [4.69, 9.17) is 47.4 Å². The van der Waals surface area contributed by atoms with Crippen LogP contribution < -0.4 is 19.3 Å². The molecule has 2 aromatic rings. The summed E-state index contributed by atoms with van der Waals surface area (Å²) in [5, 5.41) is 0. The Labute approximate surface area is 436 Å². The van der Waals surface area contributed by atoms with Crippen molar-refractivity contribution in [2.24, 2.45) is 0 Å². The second-order valence-electron chi connectivity index (χ2n) is 22.0. The number of hydrogen-bond acceptors (Lipinski definition) is 14. The van der Waals surface area contributed by atoms with Crippen LogP contribution in [0.1, 0.15) is 139 Å². The number of anilines is 2. The van der Waals surface area contributed by atoms with E-state index < -0.39 is 72.7 Å². The average molecular weight is 1030 g/mol. The molecule has 74 heavy (non-hydrogen) atoms. The smallest absolute Gasteiger partial charge is 0.417 e. The molecule has 0 aliphatic carbocycles. The Kier molecular flexibility index (Phi) is 17.7. The SMILES string of the molecule is C=C1CN2C(=O)c3cc(OC)ccc3N(C(=O)OC(C)(C)C)[C@@H](OC3CCCCO3)[C@@H]2C1OCCCCCCCCOC1C(=C)CN2C(=O)c3cc(OC)ccc3N(C(=O)OC(C)(C)C)[C@@H](OC3CCCCO3)[C@H]12. The van der Waals surface area contributed by atoms with Crippen molar-refractivity contribution in [3.63, 3.8) is 0 Å². The minimum Gasteiger partial charge on any atom is -0.497 e. The van der Waals surface area contributed by atoms with Gasteiger partial charge >= 0.3 is 12.2 Å². The molecule has 18 nitrogen and oxygen atoms in total. The van der Waals surface area contributed by atoms with E-state index in [1.165, 1.54) is 24.0 Å². The molecule has 0 saturated carbocycles. The summed E-state index contributed by atoms with van der Waals surface area (Å²) in [5.74, 6) is 0.359. The van der Waals surface area contributed by atoms with Crippen LogP contribution in [0.4, 0.5) is 21.0 Å². The fraction of sp³-hybridized carbons (Fsp3) is 0.643. The second kappa shape index (κ2) is 23.8. The van der Waals surface area contributed by atoms with Crippen molar-refractivity contribution in [2.75, 3.05) is 63.5 Å². The molecule has 6 aliphatic heterocycles. The maximum Gasteiger partial charge on any atom is 0.417 e. The Hall–Kier alpha value is -5.24. The van der Waals surface area contributed by atoms with Crippen LogP contribution in [0, 0.1) is 0 Å². The molecular formula is C56H78N4O14. The van der Waals surface area contributed by atoms with Crippen LogP contribution >= 0.6 is 0 Å². The fourth-order valence-corrected chi connectivity index (χ4v) is 10.6. The molecule has 4 amide bonds. The van der Waals surface area contributed by atoms with Crippen molar-refractivity contribution in [2.45, 2.75) is 179 Å². The molecule has 2 aromatic carbocycles. The minimum absolute atomic E-state index is 0.219. The van der Waals surface area contributed by atoms with Gasteiger partial charge in [-0.3, -0.25) is 9.59 Å². The molecule has 4 saturated heterocycles. The van der Waals surface area contributed by atoms with Gasteiger partial charge in [0.25, 0.3) is 11.8 Å². The predicted molar refractivity (Wildman–Crippen MR) is 275 cm³/mol. The number of carbonyl (C=O) groups is 4. The van der Waals surface area contributed by atoms with Gasteiger partial charge in [-0.05, 0) is 140 Å². The Morgan fingerprint density at radius 2 is 0.986 bits per heavy atom. The van der Waals surface area contributed by atoms with Gasteiger partial charge in [0.2, 0.25) is 0 Å². The normalized spacial score (nSPS) is 26.2. The van der Waals surface area contributed by atoms with E-state index in [2.05, 4.69) is 13.2 Å². The quantitative estimate of drug-likeness (QED) is 0.108. The number of fused-ring (bicyclic) bond motifs is 4. The first-order valence-corrected chi connectivity index (χ1v) is 26.5. The van der Waals surface area contributed by atoms with Crippen molar-refractivity contribution >= 4 is 35.4 Å². The van der Waals surface area contributed by atoms with Crippen LogP contribution in [0.5, 0.6) is 11.5 Å². The third-order valence-corrected chi connectivity index (χ3v) is 14.1. The summed E-state index contributed by atoms with van der Waals surface area (Å²) in [6.07, 6.45) is 4.26. The highest BCUT2D eigenvalue weighted by Crippen LogP contribution is 2.43. The molecule has 6 aliphatic rings. The van der Waals surface area contributed by atoms with E-state index in [-0.39, 0.29) is 36.0 Å². The van der Waals surface area contributed by atoms with Gasteiger partial charge in [-0.1, -0.05) is 38.8 Å². The third-order valence-electron chi connectivity index (χ3n) is 14.1. The number of hydrogen-bond donors (Lipinski definition) is 0. The summed E-state index contributed by atoms with van der Waals surface area (Å²) >= 11 is 0. The first-order valence-electron chi connectivity index (χ1n) is 26.5. The fourth-order valence-electron chi connectivity index (χ4n) is 10.6. The standard InChI is InChI=1S/C56H78N4O14/c1-35-33-57-45(51(71-43-21-15-19-27-67-43)59(53(63)73-55(3,4)5)41-25-23-37(65-9)31-39(41)49(57)61)47(35)69-29-17-13-11-12-14-18-30-70-48-36(2)34-58-46(48)52(72-44-22-16-20-28-68-44)60(54(64)74-56(6,7)8)42-26-24-38(66-10)32-40(42)50(58)62/h23-26,31-32,43-48,51-52H,1-2,11-22,27-30,33-34H2,3-10H3/t43?,44?,45-,46-,47?,48?,51-,52-/m0/s1. The molecule has 0 radical (unpaired) electrons. The van der Waals surface area contributed by atoms with Crippen LogP contribution in [0.3, 0.4) is 0 Å². The number of methoxy groups -OCH3 is 2.